The summed E-state index contributed by atoms with van der Waals surface area (Å²) in [5.74, 6) is -0.589. The van der Waals surface area contributed by atoms with E-state index in [0.29, 0.717) is 24.1 Å². The Labute approximate surface area is 273 Å². The smallest absolute Gasteiger partial charge is 0.657 e. The molecule has 3 aromatic heterocycles. The largest absolute Gasteiger partial charge is 2.00 e. The second-order valence-electron chi connectivity index (χ2n) is 11.0. The number of aryl methyl sites for hydroxylation is 3. The van der Waals surface area contributed by atoms with Crippen LogP contribution in [-0.4, -0.2) is 36.1 Å². The number of carbonyl (C=O) groups excluding carboxylic acids is 2. The summed E-state index contributed by atoms with van der Waals surface area (Å²) in [6.45, 7) is 16.2. The second kappa shape index (κ2) is 13.7. The fraction of sp³-hybridized carbons (Fsp3) is 0.278. The number of fused-ring (bicyclic) bond motifs is 8. The zero-order valence-electron chi connectivity index (χ0n) is 26.5. The van der Waals surface area contributed by atoms with Crippen LogP contribution in [0.5, 0.6) is 0 Å². The monoisotopic (exact) mass is 644 g/mol. The Balaban J connectivity index is 0.00000461. The Bertz CT molecular complexity index is 1960. The van der Waals surface area contributed by atoms with Gasteiger partial charge in [0.15, 0.2) is 0 Å². The third-order valence-electron chi connectivity index (χ3n) is 8.50. The Morgan fingerprint density at radius 2 is 1.24 bits per heavy atom. The molecule has 0 spiro atoms. The number of esters is 2. The first kappa shape index (κ1) is 33.4. The molecule has 0 atom stereocenters. The van der Waals surface area contributed by atoms with Gasteiger partial charge >= 0.3 is 29.0 Å². The zero-order chi connectivity index (χ0) is 31.7. The minimum Gasteiger partial charge on any atom is -0.657 e. The van der Waals surface area contributed by atoms with Gasteiger partial charge in [0.05, 0.1) is 37.0 Å². The summed E-state index contributed by atoms with van der Waals surface area (Å²) < 4.78 is 9.86. The predicted molar refractivity (Wildman–Crippen MR) is 175 cm³/mol. The van der Waals surface area contributed by atoms with Crippen LogP contribution in [0.2, 0.25) is 0 Å². The summed E-state index contributed by atoms with van der Waals surface area (Å²) in [7, 11) is 2.78. The van der Waals surface area contributed by atoms with Gasteiger partial charge in [0.2, 0.25) is 0 Å². The van der Waals surface area contributed by atoms with Crippen LogP contribution >= 0.6 is 0 Å². The normalized spacial score (nSPS) is 12.6. The van der Waals surface area contributed by atoms with Gasteiger partial charge in [-0.15, -0.1) is 22.1 Å². The van der Waals surface area contributed by atoms with Gasteiger partial charge in [0.25, 0.3) is 0 Å². The van der Waals surface area contributed by atoms with E-state index in [1.165, 1.54) is 14.2 Å². The van der Waals surface area contributed by atoms with E-state index < -0.39 is 0 Å². The third-order valence-corrected chi connectivity index (χ3v) is 8.50. The van der Waals surface area contributed by atoms with Gasteiger partial charge < -0.3 is 19.4 Å². The van der Waals surface area contributed by atoms with Crippen molar-refractivity contribution in [1.82, 2.24) is 19.9 Å². The minimum atomic E-state index is -0.295. The van der Waals surface area contributed by atoms with Crippen molar-refractivity contribution in [3.05, 3.63) is 88.5 Å². The van der Waals surface area contributed by atoms with Gasteiger partial charge in [-0.2, -0.15) is 0 Å². The molecule has 2 aliphatic heterocycles. The molecule has 2 aliphatic rings. The van der Waals surface area contributed by atoms with Crippen LogP contribution in [0.15, 0.2) is 43.5 Å². The van der Waals surface area contributed by atoms with E-state index in [2.05, 4.69) is 13.2 Å². The van der Waals surface area contributed by atoms with Crippen molar-refractivity contribution in [3.8, 4) is 0 Å². The molecular formula is C36H36FeN4O4. The van der Waals surface area contributed by atoms with Crippen LogP contribution in [0.25, 0.3) is 50.4 Å². The zero-order valence-corrected chi connectivity index (χ0v) is 27.6. The van der Waals surface area contributed by atoms with Crippen molar-refractivity contribution in [3.63, 3.8) is 0 Å². The van der Waals surface area contributed by atoms with Crippen molar-refractivity contribution in [2.24, 2.45) is 0 Å². The molecular weight excluding hydrogens is 608 g/mol. The summed E-state index contributed by atoms with van der Waals surface area (Å²) >= 11 is 0. The Hall–Kier alpha value is -4.46. The van der Waals surface area contributed by atoms with Crippen molar-refractivity contribution in [2.75, 3.05) is 14.2 Å². The van der Waals surface area contributed by atoms with Gasteiger partial charge in [-0.05, 0) is 62.8 Å². The first-order chi connectivity index (χ1) is 21.1. The van der Waals surface area contributed by atoms with Gasteiger partial charge in [-0.1, -0.05) is 66.3 Å². The molecule has 0 aliphatic carbocycles. The molecule has 9 heteroatoms. The number of ether oxygens (including phenoxy) is 2. The summed E-state index contributed by atoms with van der Waals surface area (Å²) in [6.07, 6.45) is 4.96. The number of nitrogens with zero attached hydrogens (tertiary/aromatic N) is 4. The molecule has 8 bridgehead atoms. The SMILES string of the molecule is C=CC1=C(C)c2cc3[n-]c(cc4nc(cc5[n-]c(cc1n2)c(C)c5CCC(=O)OC)C(CCC(=O)OC)=C4C)c(C)c3C=C.[Fe+2]. The maximum absolute atomic E-state index is 12.1. The Morgan fingerprint density at radius 1 is 0.711 bits per heavy atom. The molecule has 5 heterocycles. The van der Waals surface area contributed by atoms with Crippen molar-refractivity contribution >= 4 is 62.4 Å². The Kier molecular flexibility index (Phi) is 10.2. The number of rotatable bonds is 8. The number of aromatic nitrogens is 4. The summed E-state index contributed by atoms with van der Waals surface area (Å²) in [6, 6.07) is 7.87. The molecule has 0 saturated carbocycles. The predicted octanol–water partition coefficient (Wildman–Crippen LogP) is 6.94. The minimum absolute atomic E-state index is 0. The van der Waals surface area contributed by atoms with E-state index in [1.807, 2.05) is 64.1 Å². The third kappa shape index (κ3) is 6.37. The first-order valence-corrected chi connectivity index (χ1v) is 14.5. The molecule has 0 saturated heterocycles. The fourth-order valence-electron chi connectivity index (χ4n) is 5.81. The Morgan fingerprint density at radius 3 is 1.89 bits per heavy atom. The van der Waals surface area contributed by atoms with Crippen LogP contribution < -0.4 is 9.97 Å². The molecule has 45 heavy (non-hydrogen) atoms. The van der Waals surface area contributed by atoms with Gasteiger partial charge in [-0.3, -0.25) is 9.59 Å². The number of methoxy groups -OCH3 is 2. The first-order valence-electron chi connectivity index (χ1n) is 14.5. The van der Waals surface area contributed by atoms with Crippen LogP contribution in [0.4, 0.5) is 0 Å². The molecule has 0 radical (unpaired) electrons. The van der Waals surface area contributed by atoms with Crippen molar-refractivity contribution in [1.29, 1.82) is 0 Å². The molecule has 232 valence electrons. The van der Waals surface area contributed by atoms with Gasteiger partial charge in [0.1, 0.15) is 0 Å². The molecule has 0 N–H and O–H groups in total. The van der Waals surface area contributed by atoms with E-state index in [4.69, 9.17) is 29.4 Å². The molecule has 0 fully saturated rings. The average Bonchev–Trinajstić information content (AvgIpc) is 3.67. The van der Waals surface area contributed by atoms with E-state index in [9.17, 15) is 9.59 Å². The average molecular weight is 645 g/mol. The number of carbonyl (C=O) groups is 2. The molecule has 0 aromatic carbocycles. The number of hydrogen-bond acceptors (Lipinski definition) is 6. The molecule has 8 nitrogen and oxygen atoms in total. The fourth-order valence-corrected chi connectivity index (χ4v) is 5.81. The number of allylic oxidation sites excluding steroid dienone is 5. The van der Waals surface area contributed by atoms with E-state index in [0.717, 1.165) is 78.2 Å². The topological polar surface area (TPSA) is 107 Å². The van der Waals surface area contributed by atoms with Crippen LogP contribution in [-0.2, 0) is 42.6 Å². The number of hydrogen-bond donors (Lipinski definition) is 0. The molecule has 5 rings (SSSR count). The van der Waals surface area contributed by atoms with Crippen molar-refractivity contribution in [2.45, 2.75) is 53.4 Å². The molecule has 3 aromatic rings. The summed E-state index contributed by atoms with van der Waals surface area (Å²) in [5, 5.41) is 0. The quantitative estimate of drug-likeness (QED) is 0.192. The summed E-state index contributed by atoms with van der Waals surface area (Å²) in [5.41, 5.74) is 13.6. The second-order valence-corrected chi connectivity index (χ2v) is 11.0. The van der Waals surface area contributed by atoms with E-state index in [1.54, 1.807) is 0 Å². The van der Waals surface area contributed by atoms with Crippen molar-refractivity contribution < 1.29 is 36.1 Å². The standard InChI is InChI=1S/C36H36N4O4.Fe/c1-9-23-19(3)27-15-28-21(5)25(11-13-35(41)43-7)33(39-28)18-34-26(12-14-36(42)44-8)22(6)30(40-34)17-32-24(10-2)20(4)29(38-32)16-31(23)37-27;/h9-10,15-18H,1-2,11-14H2,3-8H3;/q-2;+2. The maximum Gasteiger partial charge on any atom is 2.00 e. The van der Waals surface area contributed by atoms with E-state index in [-0.39, 0.29) is 41.8 Å². The van der Waals surface area contributed by atoms with Crippen LogP contribution in [0.3, 0.4) is 0 Å². The van der Waals surface area contributed by atoms with E-state index >= 15 is 0 Å². The van der Waals surface area contributed by atoms with Crippen LogP contribution in [0, 0.1) is 13.8 Å². The molecule has 0 amide bonds. The van der Waals surface area contributed by atoms with Gasteiger partial charge in [-0.25, -0.2) is 9.97 Å². The van der Waals surface area contributed by atoms with Gasteiger partial charge in [0, 0.05) is 18.4 Å². The molecule has 0 unspecified atom stereocenters. The maximum atomic E-state index is 12.1. The summed E-state index contributed by atoms with van der Waals surface area (Å²) in [4.78, 5) is 44.3. The van der Waals surface area contributed by atoms with Crippen LogP contribution in [0.1, 0.15) is 78.1 Å².